The highest BCUT2D eigenvalue weighted by Crippen LogP contribution is 2.35. The van der Waals surface area contributed by atoms with E-state index in [4.69, 9.17) is 4.74 Å². The number of carbonyl (C=O) groups excluding carboxylic acids is 1. The Kier molecular flexibility index (Phi) is 5.39. The molecule has 0 amide bonds. The van der Waals surface area contributed by atoms with Crippen molar-refractivity contribution in [3.8, 4) is 0 Å². The predicted octanol–water partition coefficient (Wildman–Crippen LogP) is 3.86. The van der Waals surface area contributed by atoms with Crippen LogP contribution in [-0.4, -0.2) is 16.7 Å². The molecule has 0 aliphatic rings. The van der Waals surface area contributed by atoms with Gasteiger partial charge >= 0.3 is 12.1 Å². The van der Waals surface area contributed by atoms with Crippen molar-refractivity contribution < 1.29 is 27.8 Å². The van der Waals surface area contributed by atoms with E-state index in [2.05, 4.69) is 0 Å². The molecule has 0 radical (unpaired) electrons. The Morgan fingerprint density at radius 3 is 2.33 bits per heavy atom. The Balaban J connectivity index is 2.73. The molecule has 0 bridgehead atoms. The molecule has 1 unspecified atom stereocenters. The first-order valence-corrected chi connectivity index (χ1v) is 6.57. The fourth-order valence-electron chi connectivity index (χ4n) is 1.85. The van der Waals surface area contributed by atoms with Gasteiger partial charge in [0.1, 0.15) is 5.60 Å². The highest BCUT2D eigenvalue weighted by molar-refractivity contribution is 5.69. The van der Waals surface area contributed by atoms with Crippen LogP contribution in [0, 0.1) is 0 Å². The molecule has 0 aliphatic heterocycles. The summed E-state index contributed by atoms with van der Waals surface area (Å²) in [7, 11) is 0. The second-order valence-corrected chi connectivity index (χ2v) is 5.73. The van der Waals surface area contributed by atoms with Gasteiger partial charge in [0.2, 0.25) is 0 Å². The summed E-state index contributed by atoms with van der Waals surface area (Å²) in [6, 6.07) is 4.79. The molecule has 118 valence electrons. The lowest BCUT2D eigenvalue weighted by Gasteiger charge is -2.21. The maximum atomic E-state index is 12.8. The van der Waals surface area contributed by atoms with Crippen LogP contribution in [0.2, 0.25) is 0 Å². The quantitative estimate of drug-likeness (QED) is 0.859. The highest BCUT2D eigenvalue weighted by atomic mass is 19.4. The van der Waals surface area contributed by atoms with Gasteiger partial charge in [-0.3, -0.25) is 4.79 Å². The number of alkyl halides is 3. The number of benzene rings is 1. The van der Waals surface area contributed by atoms with Crippen molar-refractivity contribution in [3.63, 3.8) is 0 Å². The number of aliphatic hydroxyl groups excluding tert-OH is 1. The molecule has 0 saturated carbocycles. The van der Waals surface area contributed by atoms with E-state index in [0.29, 0.717) is 0 Å². The summed E-state index contributed by atoms with van der Waals surface area (Å²) in [5, 5.41) is 9.90. The molecule has 0 heterocycles. The summed E-state index contributed by atoms with van der Waals surface area (Å²) in [5.74, 6) is -0.550. The van der Waals surface area contributed by atoms with Gasteiger partial charge in [0.25, 0.3) is 0 Å². The van der Waals surface area contributed by atoms with E-state index in [-0.39, 0.29) is 18.4 Å². The maximum Gasteiger partial charge on any atom is 0.416 e. The van der Waals surface area contributed by atoms with E-state index in [1.54, 1.807) is 20.8 Å². The molecule has 6 heteroatoms. The molecule has 0 spiro atoms. The normalized spacial score (nSPS) is 13.9. The lowest BCUT2D eigenvalue weighted by molar-refractivity contribution is -0.155. The van der Waals surface area contributed by atoms with Crippen molar-refractivity contribution in [1.29, 1.82) is 0 Å². The SMILES string of the molecule is CC(C)(C)OC(=O)CCC(O)c1ccccc1C(F)(F)F. The first kappa shape index (κ1) is 17.5. The molecule has 0 aliphatic carbocycles. The molecule has 1 aromatic carbocycles. The van der Waals surface area contributed by atoms with Crippen LogP contribution >= 0.6 is 0 Å². The van der Waals surface area contributed by atoms with Crippen molar-refractivity contribution >= 4 is 5.97 Å². The van der Waals surface area contributed by atoms with Gasteiger partial charge < -0.3 is 9.84 Å². The highest BCUT2D eigenvalue weighted by Gasteiger charge is 2.34. The number of carbonyl (C=O) groups is 1. The Bertz CT molecular complexity index is 490. The number of rotatable bonds is 4. The van der Waals surface area contributed by atoms with Crippen LogP contribution in [0.1, 0.15) is 50.8 Å². The monoisotopic (exact) mass is 304 g/mol. The fourth-order valence-corrected chi connectivity index (χ4v) is 1.85. The number of hydrogen-bond donors (Lipinski definition) is 1. The average Bonchev–Trinajstić information content (AvgIpc) is 2.33. The van der Waals surface area contributed by atoms with Crippen LogP contribution in [0.3, 0.4) is 0 Å². The third-order valence-electron chi connectivity index (χ3n) is 2.67. The lowest BCUT2D eigenvalue weighted by atomic mass is 9.99. The topological polar surface area (TPSA) is 46.5 Å². The Labute approximate surface area is 121 Å². The van der Waals surface area contributed by atoms with E-state index >= 15 is 0 Å². The maximum absolute atomic E-state index is 12.8. The van der Waals surface area contributed by atoms with Gasteiger partial charge in [0.05, 0.1) is 11.7 Å². The fraction of sp³-hybridized carbons (Fsp3) is 0.533. The van der Waals surface area contributed by atoms with Crippen molar-refractivity contribution in [1.82, 2.24) is 0 Å². The molecule has 1 N–H and O–H groups in total. The zero-order valence-electron chi connectivity index (χ0n) is 12.2. The molecule has 0 fully saturated rings. The molecular formula is C15H19F3O3. The van der Waals surface area contributed by atoms with Crippen LogP contribution in [0.15, 0.2) is 24.3 Å². The Morgan fingerprint density at radius 2 is 1.81 bits per heavy atom. The van der Waals surface area contributed by atoms with Gasteiger partial charge in [-0.15, -0.1) is 0 Å². The van der Waals surface area contributed by atoms with E-state index in [9.17, 15) is 23.1 Å². The minimum Gasteiger partial charge on any atom is -0.460 e. The summed E-state index contributed by atoms with van der Waals surface area (Å²) in [6.07, 6.45) is -6.17. The number of ether oxygens (including phenoxy) is 1. The Morgan fingerprint density at radius 1 is 1.24 bits per heavy atom. The van der Waals surface area contributed by atoms with Gasteiger partial charge in [-0.25, -0.2) is 0 Å². The van der Waals surface area contributed by atoms with E-state index < -0.39 is 29.4 Å². The molecule has 1 aromatic rings. The van der Waals surface area contributed by atoms with E-state index in [0.717, 1.165) is 6.07 Å². The van der Waals surface area contributed by atoms with Gasteiger partial charge in [-0.1, -0.05) is 18.2 Å². The average molecular weight is 304 g/mol. The summed E-state index contributed by atoms with van der Waals surface area (Å²) >= 11 is 0. The van der Waals surface area contributed by atoms with Crippen LogP contribution in [-0.2, 0) is 15.7 Å². The Hall–Kier alpha value is -1.56. The molecular weight excluding hydrogens is 285 g/mol. The zero-order valence-corrected chi connectivity index (χ0v) is 12.2. The van der Waals surface area contributed by atoms with Gasteiger partial charge in [-0.05, 0) is 38.8 Å². The summed E-state index contributed by atoms with van der Waals surface area (Å²) in [6.45, 7) is 5.08. The minimum absolute atomic E-state index is 0.123. The van der Waals surface area contributed by atoms with Crippen LogP contribution in [0.4, 0.5) is 13.2 Å². The van der Waals surface area contributed by atoms with Crippen molar-refractivity contribution in [2.45, 2.75) is 51.5 Å². The molecule has 1 atom stereocenters. The second kappa shape index (κ2) is 6.47. The third-order valence-corrected chi connectivity index (χ3v) is 2.67. The van der Waals surface area contributed by atoms with Crippen LogP contribution in [0.25, 0.3) is 0 Å². The zero-order chi connectivity index (χ0) is 16.3. The van der Waals surface area contributed by atoms with Gasteiger partial charge in [-0.2, -0.15) is 13.2 Å². The van der Waals surface area contributed by atoms with Gasteiger partial charge in [0.15, 0.2) is 0 Å². The summed E-state index contributed by atoms with van der Waals surface area (Å²) in [4.78, 5) is 11.5. The molecule has 21 heavy (non-hydrogen) atoms. The van der Waals surface area contributed by atoms with Crippen molar-refractivity contribution in [2.24, 2.45) is 0 Å². The number of aliphatic hydroxyl groups is 1. The molecule has 1 rings (SSSR count). The predicted molar refractivity (Wildman–Crippen MR) is 71.5 cm³/mol. The smallest absolute Gasteiger partial charge is 0.416 e. The second-order valence-electron chi connectivity index (χ2n) is 5.73. The number of halogens is 3. The standard InChI is InChI=1S/C15H19F3O3/c1-14(2,3)21-13(20)9-8-12(19)10-6-4-5-7-11(10)15(16,17)18/h4-7,12,19H,8-9H2,1-3H3. The number of esters is 1. The van der Waals surface area contributed by atoms with E-state index in [1.807, 2.05) is 0 Å². The summed E-state index contributed by atoms with van der Waals surface area (Å²) in [5.41, 5.74) is -1.78. The molecule has 0 aromatic heterocycles. The van der Waals surface area contributed by atoms with Gasteiger partial charge in [0, 0.05) is 6.42 Å². The van der Waals surface area contributed by atoms with Crippen LogP contribution in [0.5, 0.6) is 0 Å². The first-order valence-electron chi connectivity index (χ1n) is 6.57. The minimum atomic E-state index is -4.54. The first-order chi connectivity index (χ1) is 9.50. The van der Waals surface area contributed by atoms with Crippen molar-refractivity contribution in [3.05, 3.63) is 35.4 Å². The largest absolute Gasteiger partial charge is 0.460 e. The summed E-state index contributed by atoms with van der Waals surface area (Å²) < 4.78 is 43.5. The van der Waals surface area contributed by atoms with E-state index in [1.165, 1.54) is 18.2 Å². The van der Waals surface area contributed by atoms with Crippen molar-refractivity contribution in [2.75, 3.05) is 0 Å². The third kappa shape index (κ3) is 5.75. The lowest BCUT2D eigenvalue weighted by Crippen LogP contribution is -2.24. The molecule has 3 nitrogen and oxygen atoms in total. The van der Waals surface area contributed by atoms with Crippen LogP contribution < -0.4 is 0 Å². The number of hydrogen-bond acceptors (Lipinski definition) is 3. The molecule has 0 saturated heterocycles.